The first-order valence-electron chi connectivity index (χ1n) is 11.2. The summed E-state index contributed by atoms with van der Waals surface area (Å²) in [5.74, 6) is 1.92. The van der Waals surface area contributed by atoms with E-state index in [1.807, 2.05) is 12.1 Å². The molecule has 2 heterocycles. The average molecular weight is 404 g/mol. The van der Waals surface area contributed by atoms with E-state index in [0.29, 0.717) is 12.2 Å². The van der Waals surface area contributed by atoms with Gasteiger partial charge in [0.05, 0.1) is 25.9 Å². The Bertz CT molecular complexity index is 606. The second kappa shape index (κ2) is 12.0. The van der Waals surface area contributed by atoms with Crippen LogP contribution in [0, 0.1) is 0 Å². The monoisotopic (exact) mass is 403 g/mol. The molecule has 6 nitrogen and oxygen atoms in total. The molecule has 1 atom stereocenters. The fourth-order valence-electron chi connectivity index (χ4n) is 3.93. The van der Waals surface area contributed by atoms with E-state index < -0.39 is 0 Å². The van der Waals surface area contributed by atoms with Crippen LogP contribution in [-0.2, 0) is 15.9 Å². The second-order valence-corrected chi connectivity index (χ2v) is 7.84. The van der Waals surface area contributed by atoms with Crippen LogP contribution in [0.25, 0.3) is 0 Å². The van der Waals surface area contributed by atoms with Gasteiger partial charge >= 0.3 is 0 Å². The van der Waals surface area contributed by atoms with E-state index in [0.717, 1.165) is 76.8 Å². The predicted molar refractivity (Wildman–Crippen MR) is 117 cm³/mol. The number of hydrogen-bond acceptors (Lipinski definition) is 4. The molecule has 1 unspecified atom stereocenters. The van der Waals surface area contributed by atoms with Crippen LogP contribution in [0.2, 0.25) is 0 Å². The largest absolute Gasteiger partial charge is 0.497 e. The van der Waals surface area contributed by atoms with Gasteiger partial charge in [0, 0.05) is 32.8 Å². The van der Waals surface area contributed by atoms with Crippen molar-refractivity contribution in [1.29, 1.82) is 0 Å². The quantitative estimate of drug-likeness (QED) is 0.533. The highest BCUT2D eigenvalue weighted by molar-refractivity contribution is 5.80. The lowest BCUT2D eigenvalue weighted by Gasteiger charge is -2.35. The standard InChI is InChI=1S/C23H37N3O3/c1-3-24-23(25-14-11-19-7-9-20(27-2)10-8-19)26-15-12-21(13-16-26)29-18-22-6-4-5-17-28-22/h7-10,21-22H,3-6,11-18H2,1-2H3,(H,24,25). The third-order valence-corrected chi connectivity index (χ3v) is 5.69. The van der Waals surface area contributed by atoms with Crippen molar-refractivity contribution in [3.63, 3.8) is 0 Å². The maximum atomic E-state index is 6.15. The summed E-state index contributed by atoms with van der Waals surface area (Å²) < 4.78 is 17.2. The molecular weight excluding hydrogens is 366 g/mol. The molecule has 0 saturated carbocycles. The van der Waals surface area contributed by atoms with Gasteiger partial charge in [-0.05, 0) is 63.1 Å². The molecule has 0 aromatic heterocycles. The number of hydrogen-bond donors (Lipinski definition) is 1. The Morgan fingerprint density at radius 1 is 1.17 bits per heavy atom. The second-order valence-electron chi connectivity index (χ2n) is 7.84. The number of aliphatic imine (C=N–C) groups is 1. The number of ether oxygens (including phenoxy) is 3. The molecule has 1 aromatic carbocycles. The van der Waals surface area contributed by atoms with Gasteiger partial charge in [0.2, 0.25) is 0 Å². The van der Waals surface area contributed by atoms with E-state index in [9.17, 15) is 0 Å². The molecule has 3 rings (SSSR count). The van der Waals surface area contributed by atoms with Crippen molar-refractivity contribution in [2.24, 2.45) is 4.99 Å². The zero-order valence-electron chi connectivity index (χ0n) is 18.1. The number of guanidine groups is 1. The molecule has 1 N–H and O–H groups in total. The predicted octanol–water partition coefficient (Wildman–Crippen LogP) is 3.25. The minimum Gasteiger partial charge on any atom is -0.497 e. The number of nitrogens with one attached hydrogen (secondary N) is 1. The Morgan fingerprint density at radius 2 is 1.97 bits per heavy atom. The Kier molecular flexibility index (Phi) is 9.09. The van der Waals surface area contributed by atoms with Gasteiger partial charge in [-0.15, -0.1) is 0 Å². The number of nitrogens with zero attached hydrogens (tertiary/aromatic N) is 2. The zero-order chi connectivity index (χ0) is 20.3. The van der Waals surface area contributed by atoms with Crippen molar-refractivity contribution in [3.05, 3.63) is 29.8 Å². The fourth-order valence-corrected chi connectivity index (χ4v) is 3.93. The maximum absolute atomic E-state index is 6.15. The van der Waals surface area contributed by atoms with E-state index in [1.165, 1.54) is 18.4 Å². The molecule has 2 aliphatic heterocycles. The molecule has 29 heavy (non-hydrogen) atoms. The summed E-state index contributed by atoms with van der Waals surface area (Å²) in [5.41, 5.74) is 1.28. The molecule has 2 saturated heterocycles. The van der Waals surface area contributed by atoms with Crippen LogP contribution in [0.5, 0.6) is 5.75 Å². The van der Waals surface area contributed by atoms with E-state index in [4.69, 9.17) is 19.2 Å². The van der Waals surface area contributed by atoms with Crippen molar-refractivity contribution < 1.29 is 14.2 Å². The first-order chi connectivity index (χ1) is 14.3. The van der Waals surface area contributed by atoms with Crippen LogP contribution in [0.1, 0.15) is 44.6 Å². The Hall–Kier alpha value is -1.79. The molecule has 162 valence electrons. The van der Waals surface area contributed by atoms with Gasteiger partial charge in [0.1, 0.15) is 5.75 Å². The molecule has 0 aliphatic carbocycles. The van der Waals surface area contributed by atoms with Crippen molar-refractivity contribution in [2.45, 2.75) is 57.7 Å². The van der Waals surface area contributed by atoms with E-state index >= 15 is 0 Å². The van der Waals surface area contributed by atoms with Gasteiger partial charge in [-0.2, -0.15) is 0 Å². The Morgan fingerprint density at radius 3 is 2.62 bits per heavy atom. The van der Waals surface area contributed by atoms with Crippen LogP contribution in [0.4, 0.5) is 0 Å². The van der Waals surface area contributed by atoms with Crippen LogP contribution < -0.4 is 10.1 Å². The first-order valence-corrected chi connectivity index (χ1v) is 11.2. The SMILES string of the molecule is CCNC(=NCCc1ccc(OC)cc1)N1CCC(OCC2CCCCO2)CC1. The first kappa shape index (κ1) is 21.9. The molecular formula is C23H37N3O3. The average Bonchev–Trinajstić information content (AvgIpc) is 2.79. The van der Waals surface area contributed by atoms with Crippen molar-refractivity contribution in [3.8, 4) is 5.75 Å². The van der Waals surface area contributed by atoms with Gasteiger partial charge in [0.25, 0.3) is 0 Å². The summed E-state index contributed by atoms with van der Waals surface area (Å²) >= 11 is 0. The smallest absolute Gasteiger partial charge is 0.193 e. The summed E-state index contributed by atoms with van der Waals surface area (Å²) in [5, 5.41) is 3.45. The lowest BCUT2D eigenvalue weighted by Crippen LogP contribution is -2.47. The van der Waals surface area contributed by atoms with Gasteiger partial charge < -0.3 is 24.4 Å². The van der Waals surface area contributed by atoms with E-state index in [-0.39, 0.29) is 0 Å². The number of benzene rings is 1. The highest BCUT2D eigenvalue weighted by Crippen LogP contribution is 2.18. The highest BCUT2D eigenvalue weighted by atomic mass is 16.5. The minimum atomic E-state index is 0.304. The normalized spacial score (nSPS) is 21.2. The van der Waals surface area contributed by atoms with Crippen molar-refractivity contribution in [1.82, 2.24) is 10.2 Å². The van der Waals surface area contributed by atoms with Crippen molar-refractivity contribution in [2.75, 3.05) is 46.5 Å². The number of methoxy groups -OCH3 is 1. The van der Waals surface area contributed by atoms with Gasteiger partial charge in [-0.3, -0.25) is 4.99 Å². The molecule has 0 amide bonds. The summed E-state index contributed by atoms with van der Waals surface area (Å²) in [6, 6.07) is 8.24. The summed E-state index contributed by atoms with van der Waals surface area (Å²) in [4.78, 5) is 7.23. The summed E-state index contributed by atoms with van der Waals surface area (Å²) in [6.07, 6.45) is 7.29. The van der Waals surface area contributed by atoms with Gasteiger partial charge in [-0.25, -0.2) is 0 Å². The van der Waals surface area contributed by atoms with E-state index in [1.54, 1.807) is 7.11 Å². The fraction of sp³-hybridized carbons (Fsp3) is 0.696. The summed E-state index contributed by atoms with van der Waals surface area (Å²) in [7, 11) is 1.69. The van der Waals surface area contributed by atoms with Crippen molar-refractivity contribution >= 4 is 5.96 Å². The Labute approximate surface area is 175 Å². The minimum absolute atomic E-state index is 0.304. The molecule has 0 radical (unpaired) electrons. The van der Waals surface area contributed by atoms with Gasteiger partial charge in [0.15, 0.2) is 5.96 Å². The van der Waals surface area contributed by atoms with Crippen LogP contribution >= 0.6 is 0 Å². The molecule has 2 fully saturated rings. The number of piperidine rings is 1. The topological polar surface area (TPSA) is 55.3 Å². The summed E-state index contributed by atoms with van der Waals surface area (Å²) in [6.45, 7) is 7.42. The molecule has 0 spiro atoms. The number of likely N-dealkylation sites (tertiary alicyclic amines) is 1. The molecule has 1 aromatic rings. The van der Waals surface area contributed by atoms with Gasteiger partial charge in [-0.1, -0.05) is 12.1 Å². The lowest BCUT2D eigenvalue weighted by atomic mass is 10.1. The molecule has 6 heteroatoms. The maximum Gasteiger partial charge on any atom is 0.193 e. The van der Waals surface area contributed by atoms with Crippen LogP contribution in [-0.4, -0.2) is 69.6 Å². The number of rotatable bonds is 8. The molecule has 2 aliphatic rings. The molecule has 0 bridgehead atoms. The lowest BCUT2D eigenvalue weighted by molar-refractivity contribution is -0.0721. The Balaban J connectivity index is 1.42. The highest BCUT2D eigenvalue weighted by Gasteiger charge is 2.23. The zero-order valence-corrected chi connectivity index (χ0v) is 18.1. The third kappa shape index (κ3) is 7.19. The van der Waals surface area contributed by atoms with Crippen LogP contribution in [0.15, 0.2) is 29.3 Å². The third-order valence-electron chi connectivity index (χ3n) is 5.69. The van der Waals surface area contributed by atoms with Crippen LogP contribution in [0.3, 0.4) is 0 Å². The van der Waals surface area contributed by atoms with E-state index in [2.05, 4.69) is 29.3 Å².